The van der Waals surface area contributed by atoms with Crippen LogP contribution >= 0.6 is 0 Å². The number of aromatic nitrogens is 2. The zero-order valence-corrected chi connectivity index (χ0v) is 12.1. The highest BCUT2D eigenvalue weighted by Gasteiger charge is 2.38. The normalized spacial score (nSPS) is 13.0. The van der Waals surface area contributed by atoms with E-state index in [4.69, 9.17) is 14.3 Å². The maximum absolute atomic E-state index is 12.7. The van der Waals surface area contributed by atoms with Crippen LogP contribution in [0.25, 0.3) is 0 Å². The minimum atomic E-state index is -4.86. The van der Waals surface area contributed by atoms with E-state index in [0.29, 0.717) is 0 Å². The van der Waals surface area contributed by atoms with E-state index in [0.717, 1.165) is 6.20 Å². The van der Waals surface area contributed by atoms with Crippen LogP contribution in [0, 0.1) is 0 Å². The fourth-order valence-corrected chi connectivity index (χ4v) is 2.58. The first kappa shape index (κ1) is 17.2. The Morgan fingerprint density at radius 2 is 2.19 bits per heavy atom. The summed E-state index contributed by atoms with van der Waals surface area (Å²) in [4.78, 5) is 21.5. The molecule has 118 valence electrons. The number of carbonyl (C=O) groups is 1. The molecule has 1 aromatic heterocycles. The summed E-state index contributed by atoms with van der Waals surface area (Å²) >= 11 is 0. The third-order valence-electron chi connectivity index (χ3n) is 2.25. The molecule has 0 saturated carbocycles. The molecule has 0 fully saturated rings. The highest BCUT2D eigenvalue weighted by molar-refractivity contribution is 6.50. The second-order valence-electron chi connectivity index (χ2n) is 4.08. The van der Waals surface area contributed by atoms with Gasteiger partial charge in [0.15, 0.2) is 5.56 Å². The van der Waals surface area contributed by atoms with E-state index in [2.05, 4.69) is 5.10 Å². The maximum atomic E-state index is 12.7. The Balaban J connectivity index is 2.68. The molecule has 1 atom stereocenters. The topological polar surface area (TPSA) is 102 Å². The summed E-state index contributed by atoms with van der Waals surface area (Å²) in [6, 6.07) is 0. The molecule has 0 unspecified atom stereocenters. The average Bonchev–Trinajstić information content (AvgIpc) is 2.32. The van der Waals surface area contributed by atoms with E-state index in [1.165, 1.54) is 0 Å². The quantitative estimate of drug-likeness (QED) is 0.560. The van der Waals surface area contributed by atoms with E-state index in [1.54, 1.807) is 11.6 Å². The van der Waals surface area contributed by atoms with Crippen molar-refractivity contribution in [1.82, 2.24) is 10.2 Å². The standard InChI is InChI=1S/C10H13F3N2O5Si/c1-21(5-19-3-2-7(16)17)20-6-4-14-15-9(18)8(6)10(11,12)13/h4,21H,2-3,5H2,1H3,(H,15,18)(H,16,17)/t21-/m0/s1. The van der Waals surface area contributed by atoms with Crippen molar-refractivity contribution in [3.8, 4) is 5.75 Å². The third-order valence-corrected chi connectivity index (χ3v) is 3.61. The highest BCUT2D eigenvalue weighted by atomic mass is 28.3. The van der Waals surface area contributed by atoms with Gasteiger partial charge in [-0.15, -0.1) is 0 Å². The lowest BCUT2D eigenvalue weighted by Crippen LogP contribution is -2.30. The molecular weight excluding hydrogens is 313 g/mol. The first-order chi connectivity index (χ1) is 9.71. The van der Waals surface area contributed by atoms with E-state index < -0.39 is 38.1 Å². The predicted molar refractivity (Wildman–Crippen MR) is 66.6 cm³/mol. The molecule has 0 saturated heterocycles. The molecule has 1 heterocycles. The third kappa shape index (κ3) is 5.55. The minimum absolute atomic E-state index is 0.0113. The number of carboxylic acid groups (broad SMARTS) is 1. The fourth-order valence-electron chi connectivity index (χ4n) is 1.40. The number of hydrogen-bond acceptors (Lipinski definition) is 5. The lowest BCUT2D eigenvalue weighted by atomic mass is 10.3. The number of rotatable bonds is 7. The van der Waals surface area contributed by atoms with Gasteiger partial charge in [0.1, 0.15) is 5.75 Å². The number of hydrogen-bond donors (Lipinski definition) is 2. The van der Waals surface area contributed by atoms with Crippen LogP contribution in [0.3, 0.4) is 0 Å². The molecule has 11 heteroatoms. The molecular formula is C10H13F3N2O5Si. The van der Waals surface area contributed by atoms with Gasteiger partial charge in [-0.3, -0.25) is 9.59 Å². The van der Waals surface area contributed by atoms with Crippen molar-refractivity contribution in [1.29, 1.82) is 0 Å². The molecule has 0 aliphatic heterocycles. The summed E-state index contributed by atoms with van der Waals surface area (Å²) in [5, 5.41) is 13.4. The molecule has 0 aromatic carbocycles. The van der Waals surface area contributed by atoms with Gasteiger partial charge in [0.25, 0.3) is 14.6 Å². The second-order valence-corrected chi connectivity index (χ2v) is 6.27. The van der Waals surface area contributed by atoms with Gasteiger partial charge in [0.05, 0.1) is 25.5 Å². The zero-order valence-electron chi connectivity index (χ0n) is 10.9. The van der Waals surface area contributed by atoms with Crippen LogP contribution in [-0.4, -0.2) is 43.2 Å². The van der Waals surface area contributed by atoms with Crippen molar-refractivity contribution < 1.29 is 32.2 Å². The molecule has 7 nitrogen and oxygen atoms in total. The van der Waals surface area contributed by atoms with Gasteiger partial charge in [-0.2, -0.15) is 18.3 Å². The summed E-state index contributed by atoms with van der Waals surface area (Å²) in [6.07, 6.45) is -4.27. The smallest absolute Gasteiger partial charge is 0.425 e. The largest absolute Gasteiger partial charge is 0.543 e. The monoisotopic (exact) mass is 326 g/mol. The molecule has 0 bridgehead atoms. The number of nitrogens with one attached hydrogen (secondary N) is 1. The van der Waals surface area contributed by atoms with Crippen molar-refractivity contribution in [3.05, 3.63) is 22.1 Å². The number of ether oxygens (including phenoxy) is 1. The van der Waals surface area contributed by atoms with Gasteiger partial charge in [0, 0.05) is 0 Å². The van der Waals surface area contributed by atoms with Crippen LogP contribution < -0.4 is 9.99 Å². The lowest BCUT2D eigenvalue weighted by molar-refractivity contribution is -0.140. The number of nitrogens with zero attached hydrogens (tertiary/aromatic N) is 1. The van der Waals surface area contributed by atoms with Crippen molar-refractivity contribution in [3.63, 3.8) is 0 Å². The summed E-state index contributed by atoms with van der Waals surface area (Å²) < 4.78 is 48.4. The van der Waals surface area contributed by atoms with Crippen LogP contribution in [0.5, 0.6) is 5.75 Å². The first-order valence-corrected chi connectivity index (χ1v) is 8.27. The Morgan fingerprint density at radius 1 is 1.52 bits per heavy atom. The lowest BCUT2D eigenvalue weighted by Gasteiger charge is -2.16. The van der Waals surface area contributed by atoms with E-state index in [9.17, 15) is 22.8 Å². The highest BCUT2D eigenvalue weighted by Crippen LogP contribution is 2.32. The molecule has 0 aliphatic rings. The molecule has 0 spiro atoms. The summed E-state index contributed by atoms with van der Waals surface area (Å²) in [5.74, 6) is -1.68. The van der Waals surface area contributed by atoms with Crippen LogP contribution in [0.2, 0.25) is 6.55 Å². The molecule has 2 N–H and O–H groups in total. The fraction of sp³-hybridized carbons (Fsp3) is 0.500. The van der Waals surface area contributed by atoms with Crippen LogP contribution in [0.15, 0.2) is 11.0 Å². The van der Waals surface area contributed by atoms with Crippen LogP contribution in [-0.2, 0) is 15.7 Å². The van der Waals surface area contributed by atoms with Gasteiger partial charge >= 0.3 is 12.1 Å². The number of alkyl halides is 3. The molecule has 0 amide bonds. The van der Waals surface area contributed by atoms with Crippen molar-refractivity contribution >= 4 is 15.0 Å². The first-order valence-electron chi connectivity index (χ1n) is 5.83. The molecule has 1 aromatic rings. The van der Waals surface area contributed by atoms with Gasteiger partial charge < -0.3 is 14.3 Å². The molecule has 1 rings (SSSR count). The Kier molecular flexibility index (Phi) is 5.90. The molecule has 21 heavy (non-hydrogen) atoms. The Hall–Kier alpha value is -1.88. The van der Waals surface area contributed by atoms with Gasteiger partial charge in [0.2, 0.25) is 0 Å². The summed E-state index contributed by atoms with van der Waals surface area (Å²) in [6.45, 7) is 1.50. The van der Waals surface area contributed by atoms with E-state index in [-0.39, 0.29) is 19.3 Å². The average molecular weight is 326 g/mol. The summed E-state index contributed by atoms with van der Waals surface area (Å²) in [5.41, 5.74) is -2.82. The van der Waals surface area contributed by atoms with Gasteiger partial charge in [-0.05, 0) is 6.55 Å². The number of aliphatic carboxylic acids is 1. The number of H-pyrrole nitrogens is 1. The van der Waals surface area contributed by atoms with Gasteiger partial charge in [-0.25, -0.2) is 5.10 Å². The van der Waals surface area contributed by atoms with Crippen LogP contribution in [0.4, 0.5) is 13.2 Å². The second kappa shape index (κ2) is 7.22. The Bertz CT molecular complexity index is 548. The van der Waals surface area contributed by atoms with Crippen molar-refractivity contribution in [2.45, 2.75) is 19.1 Å². The van der Waals surface area contributed by atoms with Gasteiger partial charge in [-0.1, -0.05) is 0 Å². The van der Waals surface area contributed by atoms with Crippen molar-refractivity contribution in [2.75, 3.05) is 12.8 Å². The zero-order chi connectivity index (χ0) is 16.0. The SMILES string of the molecule is C[Si@@H](COCCC(=O)O)Oc1cn[nH]c(=O)c1C(F)(F)F. The van der Waals surface area contributed by atoms with E-state index >= 15 is 0 Å². The Labute approximate surface area is 118 Å². The predicted octanol–water partition coefficient (Wildman–Crippen LogP) is 0.552. The Morgan fingerprint density at radius 3 is 2.76 bits per heavy atom. The number of carboxylic acids is 1. The molecule has 0 radical (unpaired) electrons. The summed E-state index contributed by atoms with van der Waals surface area (Å²) in [7, 11) is -2.22. The number of aromatic amines is 1. The molecule has 0 aliphatic carbocycles. The van der Waals surface area contributed by atoms with Crippen molar-refractivity contribution in [2.24, 2.45) is 0 Å². The minimum Gasteiger partial charge on any atom is -0.543 e. The van der Waals surface area contributed by atoms with Crippen LogP contribution in [0.1, 0.15) is 12.0 Å². The maximum Gasteiger partial charge on any atom is 0.425 e. The van der Waals surface area contributed by atoms with E-state index in [1.807, 2.05) is 0 Å². The number of halogens is 3.